The number of nitrogens with zero attached hydrogens (tertiary/aromatic N) is 3. The van der Waals surface area contributed by atoms with Gasteiger partial charge in [0.1, 0.15) is 35.2 Å². The zero-order valence-electron chi connectivity index (χ0n) is 35.1. The van der Waals surface area contributed by atoms with Crippen molar-refractivity contribution < 1.29 is 41.8 Å². The Morgan fingerprint density at radius 3 is 2.56 bits per heavy atom. The van der Waals surface area contributed by atoms with Gasteiger partial charge in [0.2, 0.25) is 21.8 Å². The Balaban J connectivity index is 1.19. The van der Waals surface area contributed by atoms with Crippen LogP contribution < -0.4 is 24.8 Å². The van der Waals surface area contributed by atoms with Crippen molar-refractivity contribution >= 4 is 44.7 Å². The molecule has 326 valence electrons. The van der Waals surface area contributed by atoms with Gasteiger partial charge in [0.25, 0.3) is 5.91 Å². The third kappa shape index (κ3) is 9.05. The van der Waals surface area contributed by atoms with Crippen LogP contribution in [0.15, 0.2) is 55.4 Å². The minimum Gasteiger partial charge on any atom is -0.496 e. The molecule has 1 aromatic carbocycles. The third-order valence-corrected chi connectivity index (χ3v) is 14.9. The number of amides is 4. The zero-order valence-corrected chi connectivity index (χ0v) is 35.9. The lowest BCUT2D eigenvalue weighted by molar-refractivity contribution is -0.142. The van der Waals surface area contributed by atoms with Crippen molar-refractivity contribution in [3.8, 4) is 22.8 Å². The Labute approximate surface area is 356 Å². The van der Waals surface area contributed by atoms with E-state index in [0.717, 1.165) is 48.6 Å². The summed E-state index contributed by atoms with van der Waals surface area (Å²) in [6.45, 7) is 8.01. The van der Waals surface area contributed by atoms with E-state index in [0.29, 0.717) is 54.8 Å². The molecule has 5 atom stereocenters. The minimum absolute atomic E-state index is 0.0148. The van der Waals surface area contributed by atoms with E-state index in [9.17, 15) is 22.8 Å². The maximum atomic E-state index is 15.0. The van der Waals surface area contributed by atoms with Gasteiger partial charge in [-0.2, -0.15) is 0 Å². The molecule has 3 aliphatic carbocycles. The predicted octanol–water partition coefficient (Wildman–Crippen LogP) is 5.36. The van der Waals surface area contributed by atoms with E-state index < -0.39 is 68.7 Å². The van der Waals surface area contributed by atoms with Crippen LogP contribution >= 0.6 is 0 Å². The highest BCUT2D eigenvalue weighted by Gasteiger charge is 2.62. The molecule has 16 heteroatoms. The van der Waals surface area contributed by atoms with Gasteiger partial charge in [-0.25, -0.2) is 18.2 Å². The van der Waals surface area contributed by atoms with Crippen LogP contribution in [-0.4, -0.2) is 96.3 Å². The van der Waals surface area contributed by atoms with Crippen LogP contribution in [0.5, 0.6) is 11.5 Å². The lowest BCUT2D eigenvalue weighted by Gasteiger charge is -2.35. The average molecular weight is 857 g/mol. The number of benzene rings is 1. The lowest BCUT2D eigenvalue weighted by atomic mass is 9.83. The van der Waals surface area contributed by atoms with Crippen molar-refractivity contribution in [2.24, 2.45) is 17.3 Å². The summed E-state index contributed by atoms with van der Waals surface area (Å²) in [6.07, 6.45) is 11.0. The van der Waals surface area contributed by atoms with E-state index in [2.05, 4.69) is 26.9 Å². The Hall–Kier alpha value is -5.25. The molecule has 0 radical (unpaired) electrons. The monoisotopic (exact) mass is 856 g/mol. The van der Waals surface area contributed by atoms with Crippen molar-refractivity contribution in [2.75, 3.05) is 20.3 Å². The summed E-state index contributed by atoms with van der Waals surface area (Å²) in [5, 5.41) is 5.87. The van der Waals surface area contributed by atoms with Gasteiger partial charge < -0.3 is 29.7 Å². The largest absolute Gasteiger partial charge is 0.496 e. The van der Waals surface area contributed by atoms with E-state index in [1.54, 1.807) is 19.5 Å². The van der Waals surface area contributed by atoms with Crippen molar-refractivity contribution in [1.82, 2.24) is 30.2 Å². The van der Waals surface area contributed by atoms with Crippen molar-refractivity contribution in [3.05, 3.63) is 60.9 Å². The molecule has 4 amide bonds. The van der Waals surface area contributed by atoms with E-state index in [4.69, 9.17) is 19.2 Å². The Kier molecular flexibility index (Phi) is 11.8. The van der Waals surface area contributed by atoms with E-state index >= 15 is 4.79 Å². The standard InChI is InChI=1S/C45H56N6O9S/c1-5-30-23-45(30,42(54)50-61(56,57)32-15-16-32)49-40(52)36-20-31-25-51(36)41(53)39(27-11-7-6-8-12-27)48-43(55)59-26-44(2,3)17-9-13-28-19-33-35(22-37(28)58-4)47-34(21-38(33)60-31)29-14-10-18-46-24-29/h5,10,14,18-19,21-22,24,27,30-32,36,39H,1,6-9,11-13,15-17,20,23,25-26H2,2-4H3,(H,48,55)(H,49,52)(H,50,54)/t30-,31-,36+,39+,45-/m1/s1. The third-order valence-electron chi connectivity index (χ3n) is 13.1. The Bertz CT molecular complexity index is 2310. The molecule has 0 spiro atoms. The second-order valence-corrected chi connectivity index (χ2v) is 20.2. The van der Waals surface area contributed by atoms with Gasteiger partial charge >= 0.3 is 6.09 Å². The second-order valence-electron chi connectivity index (χ2n) is 18.2. The van der Waals surface area contributed by atoms with Crippen LogP contribution in [0.1, 0.15) is 90.0 Å². The molecule has 4 fully saturated rings. The van der Waals surface area contributed by atoms with E-state index in [1.165, 1.54) is 11.0 Å². The number of nitrogens with one attached hydrogen (secondary N) is 3. The van der Waals surface area contributed by atoms with Gasteiger partial charge in [0.05, 0.1) is 36.7 Å². The molecule has 2 aliphatic heterocycles. The topological polar surface area (TPSA) is 195 Å². The fourth-order valence-electron chi connectivity index (χ4n) is 9.27. The molecule has 15 nitrogen and oxygen atoms in total. The number of fused-ring (bicyclic) bond motifs is 3. The number of rotatable bonds is 9. The van der Waals surface area contributed by atoms with E-state index in [1.807, 2.05) is 44.2 Å². The number of methoxy groups -OCH3 is 1. The fraction of sp³-hybridized carbons (Fsp3) is 0.556. The Morgan fingerprint density at radius 2 is 1.87 bits per heavy atom. The van der Waals surface area contributed by atoms with Crippen molar-refractivity contribution in [2.45, 2.75) is 120 Å². The molecule has 0 unspecified atom stereocenters. The number of cyclic esters (lactones) is 1. The lowest BCUT2D eigenvalue weighted by Crippen LogP contribution is -2.59. The molecule has 5 aliphatic rings. The normalized spacial score (nSPS) is 27.2. The number of carbonyl (C=O) groups excluding carboxylic acids is 4. The maximum absolute atomic E-state index is 15.0. The first-order chi connectivity index (χ1) is 29.2. The number of sulfonamides is 1. The average Bonchev–Trinajstić information content (AvgIpc) is 4.18. The first kappa shape index (κ1) is 42.4. The minimum atomic E-state index is -3.92. The van der Waals surface area contributed by atoms with E-state index in [-0.39, 0.29) is 37.3 Å². The van der Waals surface area contributed by atoms with Crippen LogP contribution in [0.4, 0.5) is 4.79 Å². The second kappa shape index (κ2) is 16.9. The quantitative estimate of drug-likeness (QED) is 0.235. The van der Waals surface area contributed by atoms with Crippen molar-refractivity contribution in [1.29, 1.82) is 0 Å². The molecular formula is C45H56N6O9S. The number of aryl methyl sites for hydroxylation is 1. The molecule has 3 saturated carbocycles. The predicted molar refractivity (Wildman–Crippen MR) is 227 cm³/mol. The SMILES string of the molecule is C=C[C@@H]1C[C@]1(NC(=O)[C@@H]1C[C@@H]2CN1C(=O)[C@H](C1CCCCC1)NC(=O)OCC(C)(C)CCCc1cc3c(cc(-c4cccnc4)nc3cc1OC)O2)C(=O)NS(=O)(=O)C1CC1. The number of hydrogen-bond donors (Lipinski definition) is 3. The Morgan fingerprint density at radius 1 is 1.08 bits per heavy atom. The van der Waals surface area contributed by atoms with Gasteiger partial charge in [-0.1, -0.05) is 39.2 Å². The number of carbonyl (C=O) groups is 4. The summed E-state index contributed by atoms with van der Waals surface area (Å²) < 4.78 is 46.5. The van der Waals surface area contributed by atoms with Gasteiger partial charge in [-0.15, -0.1) is 6.58 Å². The maximum Gasteiger partial charge on any atom is 0.407 e. The zero-order chi connectivity index (χ0) is 43.1. The summed E-state index contributed by atoms with van der Waals surface area (Å²) in [4.78, 5) is 67.8. The van der Waals surface area contributed by atoms with Crippen LogP contribution in [-0.2, 0) is 35.6 Å². The van der Waals surface area contributed by atoms with Gasteiger partial charge in [-0.3, -0.25) is 24.1 Å². The molecule has 8 rings (SSSR count). The first-order valence-electron chi connectivity index (χ1n) is 21.5. The van der Waals surface area contributed by atoms with Gasteiger partial charge in [0, 0.05) is 47.8 Å². The van der Waals surface area contributed by atoms with Gasteiger partial charge in [-0.05, 0) is 86.5 Å². The number of alkyl carbamates (subject to hydrolysis) is 1. The molecular weight excluding hydrogens is 801 g/mol. The highest BCUT2D eigenvalue weighted by atomic mass is 32.2. The molecule has 2 aromatic heterocycles. The summed E-state index contributed by atoms with van der Waals surface area (Å²) in [6, 6.07) is 7.36. The summed E-state index contributed by atoms with van der Waals surface area (Å²) >= 11 is 0. The molecule has 1 saturated heterocycles. The molecule has 61 heavy (non-hydrogen) atoms. The molecule has 4 heterocycles. The highest BCUT2D eigenvalue weighted by molar-refractivity contribution is 7.91. The molecule has 3 aromatic rings. The first-order valence-corrected chi connectivity index (χ1v) is 23.1. The van der Waals surface area contributed by atoms with Crippen LogP contribution in [0.2, 0.25) is 0 Å². The fourth-order valence-corrected chi connectivity index (χ4v) is 10.6. The van der Waals surface area contributed by atoms with Crippen LogP contribution in [0.25, 0.3) is 22.2 Å². The molecule has 4 bridgehead atoms. The number of ether oxygens (including phenoxy) is 3. The summed E-state index contributed by atoms with van der Waals surface area (Å²) in [5.74, 6) is -1.49. The summed E-state index contributed by atoms with van der Waals surface area (Å²) in [7, 11) is -2.30. The van der Waals surface area contributed by atoms with Crippen LogP contribution in [0.3, 0.4) is 0 Å². The van der Waals surface area contributed by atoms with Crippen molar-refractivity contribution in [3.63, 3.8) is 0 Å². The van der Waals surface area contributed by atoms with Crippen LogP contribution in [0, 0.1) is 17.3 Å². The number of hydrogen-bond acceptors (Lipinski definition) is 11. The molecule has 3 N–H and O–H groups in total. The smallest absolute Gasteiger partial charge is 0.407 e. The number of aromatic nitrogens is 2. The summed E-state index contributed by atoms with van der Waals surface area (Å²) in [5.41, 5.74) is 0.982. The highest BCUT2D eigenvalue weighted by Crippen LogP contribution is 2.46. The number of pyridine rings is 2. The van der Waals surface area contributed by atoms with Gasteiger partial charge in [0.15, 0.2) is 0 Å².